The Morgan fingerprint density at radius 3 is 2.26 bits per heavy atom. The molecule has 2 rings (SSSR count). The maximum atomic E-state index is 5.22. The van der Waals surface area contributed by atoms with Crippen molar-refractivity contribution in [2.75, 3.05) is 7.11 Å². The molecule has 0 unspecified atom stereocenters. The van der Waals surface area contributed by atoms with Gasteiger partial charge in [-0.05, 0) is 35.2 Å². The molecule has 0 heterocycles. The molecule has 2 nitrogen and oxygen atoms in total. The van der Waals surface area contributed by atoms with Gasteiger partial charge in [0.05, 0.1) is 7.11 Å². The predicted molar refractivity (Wildman–Crippen MR) is 79.4 cm³/mol. The van der Waals surface area contributed by atoms with Gasteiger partial charge >= 0.3 is 0 Å². The van der Waals surface area contributed by atoms with Gasteiger partial charge in [0.25, 0.3) is 0 Å². The minimum absolute atomic E-state index is 0.854. The molecule has 0 saturated heterocycles. The van der Waals surface area contributed by atoms with E-state index < -0.39 is 0 Å². The van der Waals surface area contributed by atoms with Crippen molar-refractivity contribution in [3.05, 3.63) is 65.2 Å². The molecule has 2 heteroatoms. The van der Waals surface area contributed by atoms with E-state index in [0.29, 0.717) is 0 Å². The van der Waals surface area contributed by atoms with E-state index >= 15 is 0 Å². The first kappa shape index (κ1) is 13.6. The van der Waals surface area contributed by atoms with Crippen molar-refractivity contribution >= 4 is 0 Å². The van der Waals surface area contributed by atoms with Crippen LogP contribution in [0.3, 0.4) is 0 Å². The van der Waals surface area contributed by atoms with Crippen LogP contribution >= 0.6 is 0 Å². The van der Waals surface area contributed by atoms with E-state index in [0.717, 1.165) is 25.3 Å². The Bertz CT molecular complexity index is 505. The maximum absolute atomic E-state index is 5.22. The fraction of sp³-hybridized carbons (Fsp3) is 0.294. The number of methoxy groups -OCH3 is 1. The zero-order chi connectivity index (χ0) is 13.5. The minimum atomic E-state index is 0.854. The molecule has 0 fully saturated rings. The molecule has 0 amide bonds. The molecule has 0 radical (unpaired) electrons. The topological polar surface area (TPSA) is 21.3 Å². The summed E-state index contributed by atoms with van der Waals surface area (Å²) >= 11 is 0. The van der Waals surface area contributed by atoms with Crippen LogP contribution in [0.25, 0.3) is 0 Å². The molecule has 0 bridgehead atoms. The highest BCUT2D eigenvalue weighted by molar-refractivity contribution is 5.28. The molecule has 0 aliphatic carbocycles. The second kappa shape index (κ2) is 6.95. The monoisotopic (exact) mass is 255 g/mol. The number of rotatable bonds is 6. The Balaban J connectivity index is 1.85. The number of ether oxygens (including phenoxy) is 1. The number of hydrogen-bond donors (Lipinski definition) is 1. The Kier molecular flexibility index (Phi) is 4.99. The first-order valence-electron chi connectivity index (χ1n) is 6.73. The van der Waals surface area contributed by atoms with Crippen LogP contribution < -0.4 is 10.1 Å². The normalized spacial score (nSPS) is 10.4. The molecule has 0 spiro atoms. The molecule has 0 atom stereocenters. The summed E-state index contributed by atoms with van der Waals surface area (Å²) in [5, 5.41) is 3.45. The number of benzene rings is 2. The van der Waals surface area contributed by atoms with Crippen molar-refractivity contribution in [3.63, 3.8) is 0 Å². The van der Waals surface area contributed by atoms with Gasteiger partial charge in [0.2, 0.25) is 0 Å². The molecule has 2 aromatic carbocycles. The molecular weight excluding hydrogens is 234 g/mol. The Morgan fingerprint density at radius 1 is 0.895 bits per heavy atom. The zero-order valence-electron chi connectivity index (χ0n) is 11.6. The van der Waals surface area contributed by atoms with Crippen molar-refractivity contribution in [2.24, 2.45) is 0 Å². The lowest BCUT2D eigenvalue weighted by Crippen LogP contribution is -2.12. The first-order valence-corrected chi connectivity index (χ1v) is 6.73. The van der Waals surface area contributed by atoms with E-state index in [4.69, 9.17) is 4.74 Å². The van der Waals surface area contributed by atoms with Crippen molar-refractivity contribution in [1.29, 1.82) is 0 Å². The second-order valence-electron chi connectivity index (χ2n) is 4.63. The van der Waals surface area contributed by atoms with E-state index in [1.165, 1.54) is 16.7 Å². The van der Waals surface area contributed by atoms with Crippen molar-refractivity contribution in [2.45, 2.75) is 26.4 Å². The van der Waals surface area contributed by atoms with Gasteiger partial charge in [-0.2, -0.15) is 0 Å². The molecule has 1 N–H and O–H groups in total. The van der Waals surface area contributed by atoms with Crippen LogP contribution in [0.2, 0.25) is 0 Å². The summed E-state index contributed by atoms with van der Waals surface area (Å²) in [5.41, 5.74) is 3.95. The van der Waals surface area contributed by atoms with Gasteiger partial charge in [0, 0.05) is 13.1 Å². The van der Waals surface area contributed by atoms with Crippen LogP contribution in [0, 0.1) is 0 Å². The molecule has 0 aliphatic rings. The van der Waals surface area contributed by atoms with Crippen LogP contribution in [-0.2, 0) is 19.5 Å². The minimum Gasteiger partial charge on any atom is -0.497 e. The summed E-state index contributed by atoms with van der Waals surface area (Å²) in [4.78, 5) is 0. The Labute approximate surface area is 115 Å². The molecule has 0 aliphatic heterocycles. The summed E-state index contributed by atoms with van der Waals surface area (Å²) < 4.78 is 5.22. The Hall–Kier alpha value is -1.80. The lowest BCUT2D eigenvalue weighted by Gasteiger charge is -2.07. The van der Waals surface area contributed by atoms with Crippen LogP contribution in [0.5, 0.6) is 5.75 Å². The van der Waals surface area contributed by atoms with Crippen LogP contribution in [-0.4, -0.2) is 7.11 Å². The number of hydrogen-bond acceptors (Lipinski definition) is 2. The largest absolute Gasteiger partial charge is 0.497 e. The van der Waals surface area contributed by atoms with Crippen LogP contribution in [0.1, 0.15) is 23.6 Å². The highest BCUT2D eigenvalue weighted by Gasteiger charge is 1.97. The van der Waals surface area contributed by atoms with Gasteiger partial charge in [0.1, 0.15) is 5.75 Å². The average molecular weight is 255 g/mol. The smallest absolute Gasteiger partial charge is 0.119 e. The highest BCUT2D eigenvalue weighted by atomic mass is 16.5. The van der Waals surface area contributed by atoms with Gasteiger partial charge in [-0.1, -0.05) is 43.3 Å². The van der Waals surface area contributed by atoms with Crippen LogP contribution in [0.15, 0.2) is 48.5 Å². The third-order valence-electron chi connectivity index (χ3n) is 3.22. The lowest BCUT2D eigenvalue weighted by atomic mass is 10.1. The lowest BCUT2D eigenvalue weighted by molar-refractivity contribution is 0.414. The standard InChI is InChI=1S/C17H21NO/c1-3-14-7-9-15(10-8-14)12-18-13-16-5-4-6-17(11-16)19-2/h4-11,18H,3,12-13H2,1-2H3. The van der Waals surface area contributed by atoms with E-state index in [1.54, 1.807) is 7.11 Å². The van der Waals surface area contributed by atoms with E-state index in [9.17, 15) is 0 Å². The number of aryl methyl sites for hydroxylation is 1. The fourth-order valence-corrected chi connectivity index (χ4v) is 2.03. The van der Waals surface area contributed by atoms with E-state index in [1.807, 2.05) is 12.1 Å². The van der Waals surface area contributed by atoms with Gasteiger partial charge in [0.15, 0.2) is 0 Å². The molecule has 19 heavy (non-hydrogen) atoms. The summed E-state index contributed by atoms with van der Waals surface area (Å²) in [6.07, 6.45) is 1.09. The second-order valence-corrected chi connectivity index (χ2v) is 4.63. The zero-order valence-corrected chi connectivity index (χ0v) is 11.6. The van der Waals surface area contributed by atoms with E-state index in [2.05, 4.69) is 48.6 Å². The quantitative estimate of drug-likeness (QED) is 0.852. The van der Waals surface area contributed by atoms with Crippen molar-refractivity contribution in [3.8, 4) is 5.75 Å². The first-order chi connectivity index (χ1) is 9.31. The van der Waals surface area contributed by atoms with Gasteiger partial charge in [-0.3, -0.25) is 0 Å². The van der Waals surface area contributed by atoms with E-state index in [-0.39, 0.29) is 0 Å². The fourth-order valence-electron chi connectivity index (χ4n) is 2.03. The Morgan fingerprint density at radius 2 is 1.58 bits per heavy atom. The summed E-state index contributed by atoms with van der Waals surface area (Å²) in [5.74, 6) is 0.909. The summed E-state index contributed by atoms with van der Waals surface area (Å²) in [6, 6.07) is 16.9. The van der Waals surface area contributed by atoms with Crippen LogP contribution in [0.4, 0.5) is 0 Å². The van der Waals surface area contributed by atoms with Gasteiger partial charge in [-0.25, -0.2) is 0 Å². The average Bonchev–Trinajstić information content (AvgIpc) is 2.48. The number of nitrogens with one attached hydrogen (secondary N) is 1. The third kappa shape index (κ3) is 4.11. The molecule has 2 aromatic rings. The highest BCUT2D eigenvalue weighted by Crippen LogP contribution is 2.12. The SMILES string of the molecule is CCc1ccc(CNCc2cccc(OC)c2)cc1. The van der Waals surface area contributed by atoms with Crippen molar-refractivity contribution in [1.82, 2.24) is 5.32 Å². The summed E-state index contributed by atoms with van der Waals surface area (Å²) in [7, 11) is 1.70. The summed E-state index contributed by atoms with van der Waals surface area (Å²) in [6.45, 7) is 3.92. The molecular formula is C17H21NO. The van der Waals surface area contributed by atoms with Crippen molar-refractivity contribution < 1.29 is 4.74 Å². The van der Waals surface area contributed by atoms with Gasteiger partial charge in [-0.15, -0.1) is 0 Å². The maximum Gasteiger partial charge on any atom is 0.119 e. The molecule has 0 saturated carbocycles. The molecule has 0 aromatic heterocycles. The molecule has 100 valence electrons. The van der Waals surface area contributed by atoms with Gasteiger partial charge < -0.3 is 10.1 Å². The predicted octanol–water partition coefficient (Wildman–Crippen LogP) is 3.55. The third-order valence-corrected chi connectivity index (χ3v) is 3.22.